The number of nitrogens with zero attached hydrogens (tertiary/aromatic N) is 1. The lowest BCUT2D eigenvalue weighted by Gasteiger charge is -2.39. The van der Waals surface area contributed by atoms with Crippen molar-refractivity contribution in [3.63, 3.8) is 0 Å². The zero-order valence-corrected chi connectivity index (χ0v) is 21.1. The van der Waals surface area contributed by atoms with Gasteiger partial charge in [0.25, 0.3) is 5.69 Å². The van der Waals surface area contributed by atoms with Crippen molar-refractivity contribution in [2.75, 3.05) is 5.32 Å². The summed E-state index contributed by atoms with van der Waals surface area (Å²) in [5, 5.41) is 25.3. The molecule has 5 atom stereocenters. The minimum atomic E-state index is -1.04. The largest absolute Gasteiger partial charge is 0.478 e. The smallest absolute Gasteiger partial charge is 0.337 e. The number of carbonyl (C=O) groups is 1. The Bertz CT molecular complexity index is 1340. The number of carboxylic acids is 1. The predicted octanol–water partition coefficient (Wildman–Crippen LogP) is 7.64. The zero-order chi connectivity index (χ0) is 24.9. The van der Waals surface area contributed by atoms with Gasteiger partial charge in [-0.2, -0.15) is 0 Å². The summed E-state index contributed by atoms with van der Waals surface area (Å²) in [6.45, 7) is 0. The molecule has 180 valence electrons. The SMILES string of the molecule is O=C(O)c1cccc2c1N[C@H](c1ccc(Cl)cc1Cl)[C@@H]1C[C@H](Sc3ccccc3[N+](=O)[O-])[C@@H](Cl)[C@@H]21. The van der Waals surface area contributed by atoms with Gasteiger partial charge in [0.1, 0.15) is 0 Å². The number of nitro benzene ring substituents is 1. The van der Waals surface area contributed by atoms with Crippen molar-refractivity contribution >= 4 is 63.9 Å². The van der Waals surface area contributed by atoms with Crippen LogP contribution in [0.15, 0.2) is 65.6 Å². The van der Waals surface area contributed by atoms with Crippen LogP contribution in [-0.4, -0.2) is 26.6 Å². The average Bonchev–Trinajstić information content (AvgIpc) is 3.14. The molecule has 35 heavy (non-hydrogen) atoms. The first kappa shape index (κ1) is 24.3. The molecule has 0 spiro atoms. The number of nitro groups is 1. The van der Waals surface area contributed by atoms with Crippen LogP contribution in [0, 0.1) is 16.0 Å². The minimum Gasteiger partial charge on any atom is -0.478 e. The fraction of sp³-hybridized carbons (Fsp3) is 0.240. The van der Waals surface area contributed by atoms with Gasteiger partial charge in [-0.3, -0.25) is 10.1 Å². The Morgan fingerprint density at radius 1 is 1.09 bits per heavy atom. The van der Waals surface area contributed by atoms with Crippen LogP contribution in [0.5, 0.6) is 0 Å². The number of aromatic carboxylic acids is 1. The van der Waals surface area contributed by atoms with Gasteiger partial charge in [-0.25, -0.2) is 4.79 Å². The molecule has 2 N–H and O–H groups in total. The molecule has 0 saturated heterocycles. The standard InChI is InChI=1S/C25H19Cl3N2O4S/c26-12-8-9-13(17(27)10-12)23-16-11-20(35-19-7-2-1-6-18(19)30(33)34)22(28)21(16)14-4-3-5-15(25(31)32)24(14)29-23/h1-10,16,20-23,29H,11H2,(H,31,32)/t16-,20+,21+,22-,23-/m1/s1. The second-order valence-corrected chi connectivity index (χ2v) is 11.2. The molecule has 10 heteroatoms. The Balaban J connectivity index is 1.60. The van der Waals surface area contributed by atoms with E-state index in [9.17, 15) is 20.0 Å². The highest BCUT2D eigenvalue weighted by Crippen LogP contribution is 2.59. The number of carboxylic acid groups (broad SMARTS) is 1. The summed E-state index contributed by atoms with van der Waals surface area (Å²) in [5.41, 5.74) is 2.37. The summed E-state index contributed by atoms with van der Waals surface area (Å²) in [6.07, 6.45) is 0.656. The third kappa shape index (κ3) is 4.35. The van der Waals surface area contributed by atoms with E-state index in [4.69, 9.17) is 34.8 Å². The van der Waals surface area contributed by atoms with E-state index in [2.05, 4.69) is 5.32 Å². The van der Waals surface area contributed by atoms with Gasteiger partial charge < -0.3 is 10.4 Å². The first-order valence-electron chi connectivity index (χ1n) is 10.9. The lowest BCUT2D eigenvalue weighted by atomic mass is 9.76. The quantitative estimate of drug-likeness (QED) is 0.193. The van der Waals surface area contributed by atoms with E-state index < -0.39 is 5.97 Å². The first-order chi connectivity index (χ1) is 16.8. The number of halogens is 3. The van der Waals surface area contributed by atoms with Gasteiger partial charge in [0, 0.05) is 27.3 Å². The van der Waals surface area contributed by atoms with Crippen LogP contribution in [0.1, 0.15) is 39.9 Å². The number of alkyl halides is 1. The molecule has 1 aliphatic carbocycles. The second-order valence-electron chi connectivity index (χ2n) is 8.61. The third-order valence-corrected chi connectivity index (χ3v) is 9.39. The molecule has 3 aromatic carbocycles. The van der Waals surface area contributed by atoms with Crippen molar-refractivity contribution in [3.8, 4) is 0 Å². The number of fused-ring (bicyclic) bond motifs is 3. The maximum Gasteiger partial charge on any atom is 0.337 e. The summed E-state index contributed by atoms with van der Waals surface area (Å²) < 4.78 is 0. The van der Waals surface area contributed by atoms with Crippen LogP contribution in [0.4, 0.5) is 11.4 Å². The minimum absolute atomic E-state index is 0.0204. The van der Waals surface area contributed by atoms with E-state index in [0.29, 0.717) is 27.0 Å². The van der Waals surface area contributed by atoms with E-state index in [0.717, 1.165) is 11.1 Å². The summed E-state index contributed by atoms with van der Waals surface area (Å²) in [6, 6.07) is 16.8. The van der Waals surface area contributed by atoms with Crippen molar-refractivity contribution in [2.24, 2.45) is 5.92 Å². The van der Waals surface area contributed by atoms with Crippen molar-refractivity contribution in [1.29, 1.82) is 0 Å². The maximum atomic E-state index is 12.0. The van der Waals surface area contributed by atoms with Gasteiger partial charge in [-0.1, -0.05) is 53.5 Å². The van der Waals surface area contributed by atoms with Crippen LogP contribution < -0.4 is 5.32 Å². The number of nitrogens with one attached hydrogen (secondary N) is 1. The Labute approximate surface area is 220 Å². The van der Waals surface area contributed by atoms with E-state index in [-0.39, 0.29) is 44.7 Å². The molecule has 0 bridgehead atoms. The Hall–Kier alpha value is -2.45. The molecule has 1 saturated carbocycles. The summed E-state index contributed by atoms with van der Waals surface area (Å²) in [4.78, 5) is 23.8. The molecule has 1 heterocycles. The van der Waals surface area contributed by atoms with Crippen molar-refractivity contribution in [3.05, 3.63) is 97.5 Å². The number of thioether (sulfide) groups is 1. The highest BCUT2D eigenvalue weighted by Gasteiger charge is 2.51. The normalized spacial score (nSPS) is 24.8. The molecule has 3 aromatic rings. The summed E-state index contributed by atoms with van der Waals surface area (Å²) in [5.74, 6) is -1.24. The zero-order valence-electron chi connectivity index (χ0n) is 18.0. The molecule has 0 unspecified atom stereocenters. The molecule has 5 rings (SSSR count). The van der Waals surface area contributed by atoms with E-state index in [1.54, 1.807) is 42.5 Å². The van der Waals surface area contributed by atoms with Gasteiger partial charge in [-0.05, 0) is 47.7 Å². The fourth-order valence-electron chi connectivity index (χ4n) is 5.25. The van der Waals surface area contributed by atoms with Crippen LogP contribution in [0.3, 0.4) is 0 Å². The molecular weight excluding hydrogens is 531 g/mol. The summed E-state index contributed by atoms with van der Waals surface area (Å²) in [7, 11) is 0. The number of benzene rings is 3. The van der Waals surface area contributed by atoms with Crippen LogP contribution >= 0.6 is 46.6 Å². The molecule has 1 aliphatic heterocycles. The van der Waals surface area contributed by atoms with E-state index in [1.807, 2.05) is 12.1 Å². The van der Waals surface area contributed by atoms with E-state index in [1.165, 1.54) is 17.8 Å². The number of anilines is 1. The second kappa shape index (κ2) is 9.54. The van der Waals surface area contributed by atoms with Gasteiger partial charge >= 0.3 is 5.97 Å². The topological polar surface area (TPSA) is 92.5 Å². The Morgan fingerprint density at radius 3 is 2.57 bits per heavy atom. The van der Waals surface area contributed by atoms with Gasteiger partial charge in [0.2, 0.25) is 0 Å². The lowest BCUT2D eigenvalue weighted by Crippen LogP contribution is -2.32. The fourth-order valence-corrected chi connectivity index (χ4v) is 7.72. The molecular formula is C25H19Cl3N2O4S. The molecule has 0 amide bonds. The van der Waals surface area contributed by atoms with Crippen molar-refractivity contribution in [2.45, 2.75) is 33.9 Å². The van der Waals surface area contributed by atoms with Crippen LogP contribution in [-0.2, 0) is 0 Å². The van der Waals surface area contributed by atoms with Crippen molar-refractivity contribution in [1.82, 2.24) is 0 Å². The third-order valence-electron chi connectivity index (χ3n) is 6.72. The molecule has 6 nitrogen and oxygen atoms in total. The van der Waals surface area contributed by atoms with Crippen LogP contribution in [0.25, 0.3) is 0 Å². The first-order valence-corrected chi connectivity index (χ1v) is 12.9. The Kier molecular flexibility index (Phi) is 6.61. The number of hydrogen-bond donors (Lipinski definition) is 2. The summed E-state index contributed by atoms with van der Waals surface area (Å²) >= 11 is 21.2. The van der Waals surface area contributed by atoms with Gasteiger partial charge in [0.15, 0.2) is 0 Å². The van der Waals surface area contributed by atoms with Crippen molar-refractivity contribution < 1.29 is 14.8 Å². The maximum absolute atomic E-state index is 12.0. The van der Waals surface area contributed by atoms with E-state index >= 15 is 0 Å². The molecule has 1 fully saturated rings. The molecule has 0 radical (unpaired) electrons. The Morgan fingerprint density at radius 2 is 1.86 bits per heavy atom. The monoisotopic (exact) mass is 548 g/mol. The predicted molar refractivity (Wildman–Crippen MR) is 139 cm³/mol. The lowest BCUT2D eigenvalue weighted by molar-refractivity contribution is -0.387. The average molecular weight is 550 g/mol. The molecule has 2 aliphatic rings. The highest BCUT2D eigenvalue weighted by atomic mass is 35.5. The number of para-hydroxylation sites is 2. The molecule has 0 aromatic heterocycles. The van der Waals surface area contributed by atoms with Gasteiger partial charge in [0.05, 0.1) is 32.5 Å². The van der Waals surface area contributed by atoms with Crippen LogP contribution in [0.2, 0.25) is 10.0 Å². The highest BCUT2D eigenvalue weighted by molar-refractivity contribution is 8.00. The number of rotatable bonds is 5. The number of hydrogen-bond acceptors (Lipinski definition) is 5. The van der Waals surface area contributed by atoms with Gasteiger partial charge in [-0.15, -0.1) is 23.4 Å².